The van der Waals surface area contributed by atoms with E-state index in [4.69, 9.17) is 19.4 Å². The van der Waals surface area contributed by atoms with Crippen molar-refractivity contribution in [2.45, 2.75) is 45.8 Å². The topological polar surface area (TPSA) is 99.4 Å². The average molecular weight is 523 g/mol. The second kappa shape index (κ2) is 9.17. The molecule has 8 heteroatoms. The summed E-state index contributed by atoms with van der Waals surface area (Å²) in [5.74, 6) is 0.489. The molecule has 0 amide bonds. The molecule has 3 aromatic heterocycles. The van der Waals surface area contributed by atoms with E-state index in [1.807, 2.05) is 88.1 Å². The molecule has 0 bridgehead atoms. The Bertz CT molecular complexity index is 1760. The van der Waals surface area contributed by atoms with E-state index in [1.54, 1.807) is 6.20 Å². The first-order chi connectivity index (χ1) is 18.6. The van der Waals surface area contributed by atoms with Gasteiger partial charge in [0.15, 0.2) is 11.9 Å². The normalized spacial score (nSPS) is 14.0. The molecule has 0 radical (unpaired) electrons. The number of ether oxygens (including phenoxy) is 2. The highest BCUT2D eigenvalue weighted by Gasteiger charge is 2.33. The Morgan fingerprint density at radius 2 is 1.95 bits per heavy atom. The minimum absolute atomic E-state index is 0.593. The molecule has 2 aromatic carbocycles. The highest BCUT2D eigenvalue weighted by Crippen LogP contribution is 2.45. The lowest BCUT2D eigenvalue weighted by atomic mass is 9.86. The second-order valence-corrected chi connectivity index (χ2v) is 11.0. The van der Waals surface area contributed by atoms with Crippen LogP contribution in [0.15, 0.2) is 55.0 Å². The third-order valence-electron chi connectivity index (χ3n) is 7.09. The van der Waals surface area contributed by atoms with Crippen molar-refractivity contribution in [3.63, 3.8) is 0 Å². The molecule has 8 nitrogen and oxygen atoms in total. The molecular weight excluding hydrogens is 492 g/mol. The van der Waals surface area contributed by atoms with Crippen LogP contribution < -0.4 is 4.74 Å². The van der Waals surface area contributed by atoms with Crippen molar-refractivity contribution in [3.8, 4) is 28.4 Å². The van der Waals surface area contributed by atoms with Gasteiger partial charge >= 0.3 is 5.97 Å². The lowest BCUT2D eigenvalue weighted by Gasteiger charge is -2.29. The number of carboxylic acid groups (broad SMARTS) is 1. The van der Waals surface area contributed by atoms with Gasteiger partial charge in [0.25, 0.3) is 0 Å². The highest BCUT2D eigenvalue weighted by molar-refractivity contribution is 6.08. The number of pyridine rings is 2. The summed E-state index contributed by atoms with van der Waals surface area (Å²) < 4.78 is 14.1. The molecule has 0 saturated heterocycles. The molecule has 4 heterocycles. The summed E-state index contributed by atoms with van der Waals surface area (Å²) >= 11 is 0. The van der Waals surface area contributed by atoms with Crippen molar-refractivity contribution in [2.24, 2.45) is 7.05 Å². The Hall–Kier alpha value is -4.30. The monoisotopic (exact) mass is 522 g/mol. The molecule has 5 aromatic rings. The molecule has 1 unspecified atom stereocenters. The standard InChI is InChI=1S/C31H30N4O4/c1-17-16-22-19(6-8-21(34-22)29-33-13-14-35(29)5)26(24(17)28(30(36)37)39-31(2,3)4)20-7-9-23-25-18(11-15-38-23)10-12-32-27(20)25/h6-10,12-14,16,28H,11,15H2,1-5H3,(H,36,37). The number of carbonyl (C=O) groups is 1. The largest absolute Gasteiger partial charge is 0.493 e. The first-order valence-electron chi connectivity index (χ1n) is 13.0. The summed E-state index contributed by atoms with van der Waals surface area (Å²) in [4.78, 5) is 27.0. The Kier molecular flexibility index (Phi) is 5.88. The van der Waals surface area contributed by atoms with Gasteiger partial charge < -0.3 is 19.1 Å². The maximum Gasteiger partial charge on any atom is 0.337 e. The summed E-state index contributed by atoms with van der Waals surface area (Å²) in [6.45, 7) is 8.12. The molecule has 198 valence electrons. The molecule has 0 fully saturated rings. The number of aryl methyl sites for hydroxylation is 2. The summed E-state index contributed by atoms with van der Waals surface area (Å²) in [5, 5.41) is 12.2. The van der Waals surface area contributed by atoms with E-state index in [9.17, 15) is 9.90 Å². The number of fused-ring (bicyclic) bond motifs is 1. The number of rotatable bonds is 5. The van der Waals surface area contributed by atoms with Gasteiger partial charge in [-0.2, -0.15) is 0 Å². The summed E-state index contributed by atoms with van der Waals surface area (Å²) in [5.41, 5.74) is 5.66. The smallest absolute Gasteiger partial charge is 0.337 e. The van der Waals surface area contributed by atoms with Crippen LogP contribution in [0.4, 0.5) is 0 Å². The minimum Gasteiger partial charge on any atom is -0.493 e. The van der Waals surface area contributed by atoms with E-state index in [0.717, 1.165) is 67.7 Å². The SMILES string of the molecule is Cc1cc2nc(-c3nccn3C)ccc2c(-c2ccc3c4c(ccnc24)CCO3)c1C(OC(C)(C)C)C(=O)O. The molecular formula is C31H30N4O4. The number of aliphatic carboxylic acids is 1. The van der Waals surface area contributed by atoms with Gasteiger partial charge in [-0.15, -0.1) is 0 Å². The zero-order valence-electron chi connectivity index (χ0n) is 22.6. The van der Waals surface area contributed by atoms with Crippen molar-refractivity contribution >= 4 is 27.8 Å². The van der Waals surface area contributed by atoms with Gasteiger partial charge in [-0.05, 0) is 80.8 Å². The van der Waals surface area contributed by atoms with Gasteiger partial charge in [0.05, 0.1) is 23.2 Å². The molecule has 0 saturated carbocycles. The van der Waals surface area contributed by atoms with Crippen molar-refractivity contribution in [1.82, 2.24) is 19.5 Å². The fraction of sp³-hybridized carbons (Fsp3) is 0.290. The van der Waals surface area contributed by atoms with E-state index in [-0.39, 0.29) is 0 Å². The van der Waals surface area contributed by atoms with E-state index in [0.29, 0.717) is 12.2 Å². The van der Waals surface area contributed by atoms with Crippen LogP contribution in [0.5, 0.6) is 5.75 Å². The number of hydrogen-bond donors (Lipinski definition) is 1. The van der Waals surface area contributed by atoms with Crippen LogP contribution in [0.2, 0.25) is 0 Å². The first-order valence-corrected chi connectivity index (χ1v) is 13.0. The van der Waals surface area contributed by atoms with Crippen molar-refractivity contribution in [1.29, 1.82) is 0 Å². The van der Waals surface area contributed by atoms with Crippen molar-refractivity contribution in [2.75, 3.05) is 6.61 Å². The number of imidazole rings is 1. The van der Waals surface area contributed by atoms with Crippen LogP contribution in [-0.2, 0) is 23.0 Å². The van der Waals surface area contributed by atoms with Crippen LogP contribution >= 0.6 is 0 Å². The Morgan fingerprint density at radius 1 is 1.13 bits per heavy atom. The fourth-order valence-electron chi connectivity index (χ4n) is 5.48. The third kappa shape index (κ3) is 4.30. The lowest BCUT2D eigenvalue weighted by Crippen LogP contribution is -2.28. The van der Waals surface area contributed by atoms with E-state index >= 15 is 0 Å². The summed E-state index contributed by atoms with van der Waals surface area (Å²) in [6.07, 6.45) is 5.03. The Labute approximate surface area is 226 Å². The quantitative estimate of drug-likeness (QED) is 0.301. The molecule has 6 rings (SSSR count). The van der Waals surface area contributed by atoms with Gasteiger partial charge in [-0.1, -0.05) is 0 Å². The number of hydrogen-bond acceptors (Lipinski definition) is 6. The number of carboxylic acids is 1. The van der Waals surface area contributed by atoms with Crippen molar-refractivity contribution < 1.29 is 19.4 Å². The van der Waals surface area contributed by atoms with E-state index < -0.39 is 17.7 Å². The third-order valence-corrected chi connectivity index (χ3v) is 7.09. The van der Waals surface area contributed by atoms with Gasteiger partial charge in [0.2, 0.25) is 0 Å². The van der Waals surface area contributed by atoms with Gasteiger partial charge in [-0.25, -0.2) is 14.8 Å². The second-order valence-electron chi connectivity index (χ2n) is 11.0. The van der Waals surface area contributed by atoms with E-state index in [1.165, 1.54) is 0 Å². The molecule has 1 aliphatic rings. The summed E-state index contributed by atoms with van der Waals surface area (Å²) in [6, 6.07) is 11.8. The molecule has 0 aliphatic carbocycles. The summed E-state index contributed by atoms with van der Waals surface area (Å²) in [7, 11) is 1.93. The predicted octanol–water partition coefficient (Wildman–Crippen LogP) is 6.03. The Balaban J connectivity index is 1.71. The van der Waals surface area contributed by atoms with Crippen LogP contribution in [0.25, 0.3) is 44.5 Å². The zero-order chi connectivity index (χ0) is 27.5. The molecule has 39 heavy (non-hydrogen) atoms. The number of nitrogens with zero attached hydrogens (tertiary/aromatic N) is 4. The van der Waals surface area contributed by atoms with Gasteiger partial charge in [0, 0.05) is 54.0 Å². The Morgan fingerprint density at radius 3 is 2.67 bits per heavy atom. The van der Waals surface area contributed by atoms with Crippen molar-refractivity contribution in [3.05, 3.63) is 71.7 Å². The minimum atomic E-state index is -1.19. The maximum atomic E-state index is 12.7. The first kappa shape index (κ1) is 25.0. The van der Waals surface area contributed by atoms with E-state index in [2.05, 4.69) is 4.98 Å². The lowest BCUT2D eigenvalue weighted by molar-refractivity contribution is -0.160. The average Bonchev–Trinajstić information content (AvgIpc) is 3.32. The van der Waals surface area contributed by atoms with Crippen LogP contribution in [-0.4, -0.2) is 42.8 Å². The fourth-order valence-corrected chi connectivity index (χ4v) is 5.48. The molecule has 1 aliphatic heterocycles. The zero-order valence-corrected chi connectivity index (χ0v) is 22.6. The number of benzene rings is 2. The molecule has 1 N–H and O–H groups in total. The maximum absolute atomic E-state index is 12.7. The number of aromatic nitrogens is 4. The van der Waals surface area contributed by atoms with Crippen LogP contribution in [0.3, 0.4) is 0 Å². The van der Waals surface area contributed by atoms with Gasteiger partial charge in [0.1, 0.15) is 11.4 Å². The highest BCUT2D eigenvalue weighted by atomic mass is 16.5. The van der Waals surface area contributed by atoms with Crippen LogP contribution in [0.1, 0.15) is 43.6 Å². The molecule has 1 atom stereocenters. The van der Waals surface area contributed by atoms with Crippen LogP contribution in [0, 0.1) is 6.92 Å². The predicted molar refractivity (Wildman–Crippen MR) is 150 cm³/mol. The molecule has 0 spiro atoms. The van der Waals surface area contributed by atoms with Gasteiger partial charge in [-0.3, -0.25) is 4.98 Å².